The summed E-state index contributed by atoms with van der Waals surface area (Å²) >= 11 is 0. The SMILES string of the molecule is Cc1cc(C)c(S(=O)(=O)N2CCCC2c2ccco2)cc1C. The molecule has 3 rings (SSSR count). The van der Waals surface area contributed by atoms with Crippen LogP contribution in [0.4, 0.5) is 0 Å². The molecular weight excluding hydrogens is 298 g/mol. The fourth-order valence-electron chi connectivity index (χ4n) is 3.13. The summed E-state index contributed by atoms with van der Waals surface area (Å²) < 4.78 is 33.2. The van der Waals surface area contributed by atoms with Crippen molar-refractivity contribution < 1.29 is 12.8 Å². The maximum atomic E-state index is 13.1. The van der Waals surface area contributed by atoms with E-state index in [4.69, 9.17) is 4.42 Å². The van der Waals surface area contributed by atoms with Gasteiger partial charge in [0.2, 0.25) is 10.0 Å². The van der Waals surface area contributed by atoms with Gasteiger partial charge in [-0.05, 0) is 68.5 Å². The summed E-state index contributed by atoms with van der Waals surface area (Å²) in [5.41, 5.74) is 2.91. The van der Waals surface area contributed by atoms with Crippen molar-refractivity contribution in [3.05, 3.63) is 53.0 Å². The molecule has 5 heteroatoms. The first-order valence-corrected chi connectivity index (χ1v) is 8.98. The van der Waals surface area contributed by atoms with Gasteiger partial charge in [-0.3, -0.25) is 0 Å². The van der Waals surface area contributed by atoms with Gasteiger partial charge in [0.15, 0.2) is 0 Å². The molecule has 118 valence electrons. The second-order valence-corrected chi connectivity index (χ2v) is 7.85. The summed E-state index contributed by atoms with van der Waals surface area (Å²) in [6, 6.07) is 7.20. The summed E-state index contributed by atoms with van der Waals surface area (Å²) in [6.45, 7) is 6.35. The molecule has 2 heterocycles. The van der Waals surface area contributed by atoms with E-state index in [1.54, 1.807) is 22.7 Å². The van der Waals surface area contributed by atoms with Gasteiger partial charge < -0.3 is 4.42 Å². The molecule has 1 saturated heterocycles. The summed E-state index contributed by atoms with van der Waals surface area (Å²) in [7, 11) is -3.51. The van der Waals surface area contributed by atoms with Crippen LogP contribution in [0.1, 0.15) is 41.3 Å². The summed E-state index contributed by atoms with van der Waals surface area (Å²) in [4.78, 5) is 0.411. The quantitative estimate of drug-likeness (QED) is 0.866. The van der Waals surface area contributed by atoms with Gasteiger partial charge in [0.1, 0.15) is 5.76 Å². The molecule has 1 aromatic heterocycles. The lowest BCUT2D eigenvalue weighted by molar-refractivity contribution is 0.339. The van der Waals surface area contributed by atoms with Crippen molar-refractivity contribution >= 4 is 10.0 Å². The Labute approximate surface area is 131 Å². The van der Waals surface area contributed by atoms with Crippen LogP contribution in [0, 0.1) is 20.8 Å². The van der Waals surface area contributed by atoms with Crippen molar-refractivity contribution in [1.82, 2.24) is 4.31 Å². The normalized spacial score (nSPS) is 19.7. The number of furan rings is 1. The average Bonchev–Trinajstić information content (AvgIpc) is 3.11. The standard InChI is InChI=1S/C17H21NO3S/c1-12-10-14(3)17(11-13(12)2)22(19,20)18-8-4-6-15(18)16-7-5-9-21-16/h5,7,9-11,15H,4,6,8H2,1-3H3. The van der Waals surface area contributed by atoms with Crippen LogP contribution in [0.5, 0.6) is 0 Å². The van der Waals surface area contributed by atoms with Gasteiger partial charge in [0.05, 0.1) is 17.2 Å². The monoisotopic (exact) mass is 319 g/mol. The Kier molecular flexibility index (Phi) is 3.87. The molecular formula is C17H21NO3S. The minimum absolute atomic E-state index is 0.194. The predicted octanol–water partition coefficient (Wildman–Crippen LogP) is 3.73. The molecule has 4 nitrogen and oxygen atoms in total. The van der Waals surface area contributed by atoms with Gasteiger partial charge in [-0.15, -0.1) is 0 Å². The Morgan fingerprint density at radius 3 is 2.55 bits per heavy atom. The fourth-order valence-corrected chi connectivity index (χ4v) is 5.09. The van der Waals surface area contributed by atoms with Crippen LogP contribution in [0.15, 0.2) is 39.8 Å². The van der Waals surface area contributed by atoms with Gasteiger partial charge in [-0.2, -0.15) is 4.31 Å². The first-order chi connectivity index (χ1) is 10.4. The Morgan fingerprint density at radius 2 is 1.86 bits per heavy atom. The van der Waals surface area contributed by atoms with Crippen molar-refractivity contribution in [2.24, 2.45) is 0 Å². The van der Waals surface area contributed by atoms with E-state index in [1.165, 1.54) is 0 Å². The van der Waals surface area contributed by atoms with Crippen LogP contribution < -0.4 is 0 Å². The predicted molar refractivity (Wildman–Crippen MR) is 85.2 cm³/mol. The van der Waals surface area contributed by atoms with Gasteiger partial charge in [-0.1, -0.05) is 6.07 Å². The number of hydrogen-bond donors (Lipinski definition) is 0. The maximum absolute atomic E-state index is 13.1. The summed E-state index contributed by atoms with van der Waals surface area (Å²) in [5.74, 6) is 0.725. The highest BCUT2D eigenvalue weighted by atomic mass is 32.2. The van der Waals surface area contributed by atoms with E-state index in [-0.39, 0.29) is 6.04 Å². The van der Waals surface area contributed by atoms with E-state index in [0.717, 1.165) is 35.3 Å². The lowest BCUT2D eigenvalue weighted by Gasteiger charge is -2.24. The van der Waals surface area contributed by atoms with E-state index >= 15 is 0 Å². The van der Waals surface area contributed by atoms with E-state index in [1.807, 2.05) is 32.9 Å². The van der Waals surface area contributed by atoms with Gasteiger partial charge in [-0.25, -0.2) is 8.42 Å². The zero-order valence-corrected chi connectivity index (χ0v) is 14.0. The van der Waals surface area contributed by atoms with Crippen molar-refractivity contribution in [1.29, 1.82) is 0 Å². The highest BCUT2D eigenvalue weighted by Gasteiger charge is 2.38. The highest BCUT2D eigenvalue weighted by molar-refractivity contribution is 7.89. The minimum Gasteiger partial charge on any atom is -0.468 e. The smallest absolute Gasteiger partial charge is 0.244 e. The number of aryl methyl sites for hydroxylation is 3. The molecule has 0 spiro atoms. The summed E-state index contributed by atoms with van der Waals surface area (Å²) in [6.07, 6.45) is 3.25. The molecule has 2 aromatic rings. The number of sulfonamides is 1. The van der Waals surface area contributed by atoms with Crippen LogP contribution >= 0.6 is 0 Å². The second-order valence-electron chi connectivity index (χ2n) is 5.99. The van der Waals surface area contributed by atoms with Crippen molar-refractivity contribution in [3.8, 4) is 0 Å². The van der Waals surface area contributed by atoms with E-state index in [0.29, 0.717) is 11.4 Å². The van der Waals surface area contributed by atoms with Crippen LogP contribution in [-0.2, 0) is 10.0 Å². The molecule has 1 atom stereocenters. The Hall–Kier alpha value is -1.59. The third-order valence-electron chi connectivity index (χ3n) is 4.45. The molecule has 1 aliphatic rings. The Morgan fingerprint density at radius 1 is 1.14 bits per heavy atom. The van der Waals surface area contributed by atoms with E-state index in [9.17, 15) is 8.42 Å². The summed E-state index contributed by atoms with van der Waals surface area (Å²) in [5, 5.41) is 0. The number of hydrogen-bond acceptors (Lipinski definition) is 3. The first kappa shape index (κ1) is 15.3. The fraction of sp³-hybridized carbons (Fsp3) is 0.412. The maximum Gasteiger partial charge on any atom is 0.244 e. The average molecular weight is 319 g/mol. The molecule has 0 bridgehead atoms. The van der Waals surface area contributed by atoms with Crippen LogP contribution in [0.2, 0.25) is 0 Å². The number of rotatable bonds is 3. The van der Waals surface area contributed by atoms with Crippen LogP contribution in [0.25, 0.3) is 0 Å². The first-order valence-electron chi connectivity index (χ1n) is 7.54. The molecule has 1 fully saturated rings. The molecule has 0 N–H and O–H groups in total. The third-order valence-corrected chi connectivity index (χ3v) is 6.50. The van der Waals surface area contributed by atoms with E-state index in [2.05, 4.69) is 0 Å². The van der Waals surface area contributed by atoms with Gasteiger partial charge in [0, 0.05) is 6.54 Å². The van der Waals surface area contributed by atoms with Crippen molar-refractivity contribution in [3.63, 3.8) is 0 Å². The highest BCUT2D eigenvalue weighted by Crippen LogP contribution is 2.37. The van der Waals surface area contributed by atoms with Gasteiger partial charge >= 0.3 is 0 Å². The number of benzene rings is 1. The molecule has 22 heavy (non-hydrogen) atoms. The van der Waals surface area contributed by atoms with E-state index < -0.39 is 10.0 Å². The zero-order valence-electron chi connectivity index (χ0n) is 13.2. The molecule has 0 aliphatic carbocycles. The molecule has 1 aromatic carbocycles. The largest absolute Gasteiger partial charge is 0.468 e. The second kappa shape index (κ2) is 5.56. The molecule has 0 radical (unpaired) electrons. The van der Waals surface area contributed by atoms with Crippen LogP contribution in [0.3, 0.4) is 0 Å². The lowest BCUT2D eigenvalue weighted by Crippen LogP contribution is -2.31. The molecule has 1 unspecified atom stereocenters. The van der Waals surface area contributed by atoms with Crippen LogP contribution in [-0.4, -0.2) is 19.3 Å². The van der Waals surface area contributed by atoms with Crippen molar-refractivity contribution in [2.45, 2.75) is 44.6 Å². The molecule has 0 saturated carbocycles. The third kappa shape index (κ3) is 2.48. The lowest BCUT2D eigenvalue weighted by atomic mass is 10.1. The molecule has 0 amide bonds. The topological polar surface area (TPSA) is 50.5 Å². The Balaban J connectivity index is 2.04. The Bertz CT molecular complexity index is 778. The number of nitrogens with zero attached hydrogens (tertiary/aromatic N) is 1. The zero-order chi connectivity index (χ0) is 15.9. The molecule has 1 aliphatic heterocycles. The van der Waals surface area contributed by atoms with Gasteiger partial charge in [0.25, 0.3) is 0 Å². The van der Waals surface area contributed by atoms with Crippen molar-refractivity contribution in [2.75, 3.05) is 6.54 Å². The minimum atomic E-state index is -3.51.